The van der Waals surface area contributed by atoms with Crippen molar-refractivity contribution in [2.45, 2.75) is 110 Å². The number of ether oxygens (including phenoxy) is 5. The van der Waals surface area contributed by atoms with Gasteiger partial charge in [-0.05, 0) is 38.7 Å². The van der Waals surface area contributed by atoms with Crippen molar-refractivity contribution < 1.29 is 43.2 Å². The van der Waals surface area contributed by atoms with Crippen molar-refractivity contribution in [3.05, 3.63) is 11.6 Å². The van der Waals surface area contributed by atoms with Crippen LogP contribution in [0.25, 0.3) is 0 Å². The second-order valence-electron chi connectivity index (χ2n) is 11.4. The van der Waals surface area contributed by atoms with Crippen LogP contribution in [0.1, 0.15) is 68.2 Å². The zero-order chi connectivity index (χ0) is 26.1. The lowest BCUT2D eigenvalue weighted by Gasteiger charge is -2.55. The maximum absolute atomic E-state index is 12.4. The minimum absolute atomic E-state index is 0.00801. The first-order chi connectivity index (χ1) is 16.1. The van der Waals surface area contributed by atoms with E-state index in [0.717, 1.165) is 0 Å². The molecule has 35 heavy (non-hydrogen) atoms. The Morgan fingerprint density at radius 2 is 1.69 bits per heavy atom. The average Bonchev–Trinajstić information content (AvgIpc) is 3.24. The van der Waals surface area contributed by atoms with Gasteiger partial charge in [0.25, 0.3) is 0 Å². The second-order valence-corrected chi connectivity index (χ2v) is 11.4. The number of fused-ring (bicyclic) bond motifs is 8. The summed E-state index contributed by atoms with van der Waals surface area (Å²) in [5.41, 5.74) is -1.56. The summed E-state index contributed by atoms with van der Waals surface area (Å²) >= 11 is 0. The van der Waals surface area contributed by atoms with Crippen LogP contribution in [0, 0.1) is 23.7 Å². The average molecular weight is 495 g/mol. The van der Waals surface area contributed by atoms with Gasteiger partial charge in [-0.2, -0.15) is 0 Å². The molecule has 9 nitrogen and oxygen atoms in total. The molecule has 0 amide bonds. The molecule has 10 atom stereocenters. The zero-order valence-electron chi connectivity index (χ0n) is 21.8. The van der Waals surface area contributed by atoms with E-state index >= 15 is 0 Å². The minimum Gasteiger partial charge on any atom is -0.458 e. The molecule has 0 aromatic rings. The summed E-state index contributed by atoms with van der Waals surface area (Å²) in [7, 11) is 0. The van der Waals surface area contributed by atoms with Crippen LogP contribution in [0.4, 0.5) is 0 Å². The first kappa shape index (κ1) is 26.1. The first-order valence-corrected chi connectivity index (χ1v) is 12.4. The van der Waals surface area contributed by atoms with Crippen LogP contribution in [-0.4, -0.2) is 64.4 Å². The lowest BCUT2D eigenvalue weighted by atomic mass is 9.55. The van der Waals surface area contributed by atoms with Crippen LogP contribution in [0.5, 0.6) is 0 Å². The van der Waals surface area contributed by atoms with E-state index in [1.807, 2.05) is 26.8 Å². The summed E-state index contributed by atoms with van der Waals surface area (Å²) in [6, 6.07) is 0. The van der Waals surface area contributed by atoms with Crippen molar-refractivity contribution in [1.82, 2.24) is 0 Å². The molecule has 4 bridgehead atoms. The second kappa shape index (κ2) is 8.56. The van der Waals surface area contributed by atoms with Crippen molar-refractivity contribution in [2.75, 3.05) is 0 Å². The molecule has 1 aliphatic carbocycles. The molecule has 3 fully saturated rings. The molecule has 4 aliphatic rings. The summed E-state index contributed by atoms with van der Waals surface area (Å²) < 4.78 is 30.6. The number of esters is 3. The normalized spacial score (nSPS) is 47.7. The number of rotatable bonds is 4. The smallest absolute Gasteiger partial charge is 0.303 e. The van der Waals surface area contributed by atoms with E-state index in [9.17, 15) is 19.5 Å². The van der Waals surface area contributed by atoms with Crippen LogP contribution in [0.3, 0.4) is 0 Å². The highest BCUT2D eigenvalue weighted by Gasteiger charge is 2.72. The van der Waals surface area contributed by atoms with E-state index in [2.05, 4.69) is 0 Å². The van der Waals surface area contributed by atoms with Crippen molar-refractivity contribution in [2.24, 2.45) is 23.7 Å². The van der Waals surface area contributed by atoms with Crippen molar-refractivity contribution in [3.63, 3.8) is 0 Å². The predicted molar refractivity (Wildman–Crippen MR) is 123 cm³/mol. The fraction of sp³-hybridized carbons (Fsp3) is 0.808. The third kappa shape index (κ3) is 4.09. The van der Waals surface area contributed by atoms with Gasteiger partial charge in [0.2, 0.25) is 0 Å². The molecule has 3 aliphatic heterocycles. The number of aliphatic hydroxyl groups is 1. The molecule has 0 aromatic carbocycles. The third-order valence-electron chi connectivity index (χ3n) is 8.49. The standard InChI is InChI=1S/C26H38O9/c1-12(2)18-19-20(17-11-13(3)26(30)10-9-24(7,35-26)22(19)33-17)25(8,34-16(6)29)23(32-15(5)28)21(18)31-14(4)27/h11-12,17-23,30H,9-10H2,1-8H3/b13-11-/t17-,18-,19-,20-,21+,22-,23+,24+,25+,26-/m1/s1. The molecular weight excluding hydrogens is 456 g/mol. The van der Waals surface area contributed by atoms with Crippen LogP contribution in [-0.2, 0) is 38.1 Å². The van der Waals surface area contributed by atoms with Gasteiger partial charge < -0.3 is 28.8 Å². The molecule has 0 radical (unpaired) electrons. The molecule has 3 heterocycles. The summed E-state index contributed by atoms with van der Waals surface area (Å²) in [4.78, 5) is 37.0. The zero-order valence-corrected chi connectivity index (χ0v) is 21.8. The topological polar surface area (TPSA) is 118 Å². The quantitative estimate of drug-likeness (QED) is 0.357. The Labute approximate surface area is 206 Å². The van der Waals surface area contributed by atoms with E-state index in [4.69, 9.17) is 23.7 Å². The van der Waals surface area contributed by atoms with Gasteiger partial charge in [-0.3, -0.25) is 14.4 Å². The Hall–Kier alpha value is -1.97. The van der Waals surface area contributed by atoms with Gasteiger partial charge in [0, 0.05) is 44.9 Å². The van der Waals surface area contributed by atoms with Gasteiger partial charge in [0.1, 0.15) is 6.10 Å². The minimum atomic E-state index is -1.40. The van der Waals surface area contributed by atoms with E-state index in [1.165, 1.54) is 20.8 Å². The van der Waals surface area contributed by atoms with E-state index in [-0.39, 0.29) is 17.8 Å². The molecule has 2 saturated heterocycles. The molecule has 9 heteroatoms. The van der Waals surface area contributed by atoms with E-state index in [1.54, 1.807) is 13.8 Å². The Bertz CT molecular complexity index is 943. The maximum Gasteiger partial charge on any atom is 0.303 e. The Morgan fingerprint density at radius 3 is 2.23 bits per heavy atom. The van der Waals surface area contributed by atoms with Crippen LogP contribution >= 0.6 is 0 Å². The molecule has 0 spiro atoms. The molecule has 0 unspecified atom stereocenters. The van der Waals surface area contributed by atoms with Crippen LogP contribution < -0.4 is 0 Å². The predicted octanol–water partition coefficient (Wildman–Crippen LogP) is 2.67. The highest BCUT2D eigenvalue weighted by Crippen LogP contribution is 2.61. The largest absolute Gasteiger partial charge is 0.458 e. The number of hydrogen-bond donors (Lipinski definition) is 1. The maximum atomic E-state index is 12.4. The Balaban J connectivity index is 1.97. The summed E-state index contributed by atoms with van der Waals surface area (Å²) in [6.07, 6.45) is -0.0906. The van der Waals surface area contributed by atoms with Crippen LogP contribution in [0.2, 0.25) is 0 Å². The van der Waals surface area contributed by atoms with Crippen molar-refractivity contribution in [3.8, 4) is 0 Å². The van der Waals surface area contributed by atoms with Crippen molar-refractivity contribution >= 4 is 17.9 Å². The van der Waals surface area contributed by atoms with Gasteiger partial charge in [-0.1, -0.05) is 19.9 Å². The lowest BCUT2D eigenvalue weighted by molar-refractivity contribution is -0.253. The summed E-state index contributed by atoms with van der Waals surface area (Å²) in [5, 5.41) is 11.3. The van der Waals surface area contributed by atoms with Gasteiger partial charge in [-0.15, -0.1) is 0 Å². The monoisotopic (exact) mass is 494 g/mol. The summed E-state index contributed by atoms with van der Waals surface area (Å²) in [5.74, 6) is -4.08. The number of carbonyl (C=O) groups is 3. The molecule has 1 saturated carbocycles. The molecule has 196 valence electrons. The third-order valence-corrected chi connectivity index (χ3v) is 8.49. The van der Waals surface area contributed by atoms with Crippen molar-refractivity contribution in [1.29, 1.82) is 0 Å². The number of carbonyl (C=O) groups excluding carboxylic acids is 3. The molecule has 0 aromatic heterocycles. The summed E-state index contributed by atoms with van der Waals surface area (Å²) in [6.45, 7) is 13.4. The number of hydrogen-bond acceptors (Lipinski definition) is 9. The van der Waals surface area contributed by atoms with Gasteiger partial charge in [0.05, 0.1) is 17.8 Å². The molecule has 4 rings (SSSR count). The fourth-order valence-electron chi connectivity index (χ4n) is 7.25. The first-order valence-electron chi connectivity index (χ1n) is 12.4. The SMILES string of the molecule is CC(=O)O[C@H]1[C@H](C(C)C)[C@@H]2[C@@H]([C@H]3/C=C(/C)[C@@]4(O)CC[C@](C)(O4)[C@@H]2O3)[C@](C)(OC(C)=O)[C@H]1OC(C)=O. The van der Waals surface area contributed by atoms with Crippen LogP contribution in [0.15, 0.2) is 11.6 Å². The highest BCUT2D eigenvalue weighted by molar-refractivity contribution is 5.69. The van der Waals surface area contributed by atoms with E-state index in [0.29, 0.717) is 18.4 Å². The highest BCUT2D eigenvalue weighted by atomic mass is 16.7. The molecular formula is C26H38O9. The van der Waals surface area contributed by atoms with Gasteiger partial charge in [0.15, 0.2) is 17.5 Å². The Morgan fingerprint density at radius 1 is 1.06 bits per heavy atom. The van der Waals surface area contributed by atoms with Gasteiger partial charge >= 0.3 is 17.9 Å². The Kier molecular flexibility index (Phi) is 6.38. The van der Waals surface area contributed by atoms with Gasteiger partial charge in [-0.25, -0.2) is 0 Å². The lowest BCUT2D eigenvalue weighted by Crippen LogP contribution is -2.68. The molecule has 1 N–H and O–H groups in total. The fourth-order valence-corrected chi connectivity index (χ4v) is 7.25. The van der Waals surface area contributed by atoms with E-state index < -0.39 is 65.2 Å².